The van der Waals surface area contributed by atoms with Crippen LogP contribution in [0.3, 0.4) is 0 Å². The summed E-state index contributed by atoms with van der Waals surface area (Å²) in [6.45, 7) is 0. The van der Waals surface area contributed by atoms with Crippen LogP contribution in [-0.2, 0) is 0 Å². The highest BCUT2D eigenvalue weighted by molar-refractivity contribution is 6.07. The third kappa shape index (κ3) is 2.25. The number of ketones is 1. The lowest BCUT2D eigenvalue weighted by Gasteiger charge is -2.23. The van der Waals surface area contributed by atoms with Crippen LogP contribution >= 0.6 is 0 Å². The first-order valence-corrected chi connectivity index (χ1v) is 8.27. The number of rotatable bonds is 2. The molecule has 2 aromatic rings. The van der Waals surface area contributed by atoms with Gasteiger partial charge in [-0.2, -0.15) is 0 Å². The Morgan fingerprint density at radius 1 is 0.950 bits per heavy atom. The fourth-order valence-corrected chi connectivity index (χ4v) is 4.66. The lowest BCUT2D eigenvalue weighted by molar-refractivity contribution is -0.585. The maximum Gasteiger partial charge on any atom is 0.355 e. The van der Waals surface area contributed by atoms with E-state index in [0.29, 0.717) is 14.7 Å². The summed E-state index contributed by atoms with van der Waals surface area (Å²) in [5, 5.41) is 22.6. The quantitative estimate of drug-likeness (QED) is 0.630. The molecule has 4 heteroatoms. The molecule has 0 amide bonds. The minimum atomic E-state index is -1.29. The van der Waals surface area contributed by atoms with Gasteiger partial charge in [0.2, 0.25) is 3.58 Å². The Balaban J connectivity index is 2.08. The van der Waals surface area contributed by atoms with Gasteiger partial charge in [-0.1, -0.05) is 42.5 Å². The summed E-state index contributed by atoms with van der Waals surface area (Å²) < 4.78 is 1.37. The zero-order valence-electron chi connectivity index (χ0n) is 10.4. The first-order chi connectivity index (χ1) is 9.68. The van der Waals surface area contributed by atoms with Gasteiger partial charge in [-0.15, -0.1) is 0 Å². The molecular formula is C16H11IO3. The number of Topliss-reactive ketones (excluding diaryl/α,β-unsaturated/α-hetero) is 1. The van der Waals surface area contributed by atoms with Gasteiger partial charge in [0, 0.05) is 5.56 Å². The molecule has 0 saturated carbocycles. The van der Waals surface area contributed by atoms with Crippen LogP contribution in [0.5, 0.6) is 0 Å². The number of hydrogen-bond acceptors (Lipinski definition) is 3. The summed E-state index contributed by atoms with van der Waals surface area (Å²) in [6.07, 6.45) is -1.29. The van der Waals surface area contributed by atoms with Gasteiger partial charge in [-0.05, 0) is 23.5 Å². The van der Waals surface area contributed by atoms with Crippen molar-refractivity contribution in [2.24, 2.45) is 0 Å². The van der Waals surface area contributed by atoms with E-state index in [4.69, 9.17) is 0 Å². The van der Waals surface area contributed by atoms with Gasteiger partial charge in [-0.3, -0.25) is 4.79 Å². The molecule has 2 aromatic carbocycles. The molecule has 1 aliphatic rings. The summed E-state index contributed by atoms with van der Waals surface area (Å²) in [5.74, 6) is -0.560. The van der Waals surface area contributed by atoms with Gasteiger partial charge in [0.1, 0.15) is 0 Å². The standard InChI is InChI=1S/C16H11IO3/c18-14-11-8-4-5-9-12(11)15(19)16(20)13(14)17-10-6-2-1-3-7-10/h1-9,16,20H. The number of carbonyl (C=O) groups is 1. The number of hydrogen-bond donors (Lipinski definition) is 1. The van der Waals surface area contributed by atoms with Crippen molar-refractivity contribution in [1.82, 2.24) is 0 Å². The van der Waals surface area contributed by atoms with Gasteiger partial charge in [0.15, 0.2) is 15.5 Å². The normalized spacial score (nSPS) is 18.1. The van der Waals surface area contributed by atoms with E-state index in [1.807, 2.05) is 30.3 Å². The van der Waals surface area contributed by atoms with Crippen molar-refractivity contribution < 1.29 is 36.2 Å². The molecule has 0 aliphatic heterocycles. The predicted octanol–water partition coefficient (Wildman–Crippen LogP) is -1.77. The number of aliphatic hydroxyl groups excluding tert-OH is 1. The second-order valence-electron chi connectivity index (χ2n) is 4.38. The highest BCUT2D eigenvalue weighted by atomic mass is 127. The van der Waals surface area contributed by atoms with E-state index in [1.165, 1.54) is 0 Å². The van der Waals surface area contributed by atoms with Crippen LogP contribution in [0.15, 0.2) is 58.2 Å². The van der Waals surface area contributed by atoms with Gasteiger partial charge in [0.05, 0.1) is 0 Å². The van der Waals surface area contributed by atoms with Crippen LogP contribution in [0.1, 0.15) is 15.9 Å². The number of fused-ring (bicyclic) bond motifs is 1. The lowest BCUT2D eigenvalue weighted by atomic mass is 9.93. The molecular weight excluding hydrogens is 367 g/mol. The molecule has 3 rings (SSSR count). The number of aliphatic hydroxyl groups is 1. The molecule has 3 nitrogen and oxygen atoms in total. The van der Waals surface area contributed by atoms with E-state index in [2.05, 4.69) is 0 Å². The molecule has 0 aromatic heterocycles. The first-order valence-electron chi connectivity index (χ1n) is 6.11. The predicted molar refractivity (Wildman–Crippen MR) is 68.8 cm³/mol. The summed E-state index contributed by atoms with van der Waals surface area (Å²) in [6, 6.07) is 16.2. The summed E-state index contributed by atoms with van der Waals surface area (Å²) in [5.41, 5.74) is 0.735. The topological polar surface area (TPSA) is 60.4 Å². The van der Waals surface area contributed by atoms with Gasteiger partial charge >= 0.3 is 21.2 Å². The Bertz CT molecular complexity index is 692. The Labute approximate surface area is 126 Å². The molecule has 0 radical (unpaired) electrons. The van der Waals surface area contributed by atoms with E-state index in [0.717, 1.165) is 3.57 Å². The van der Waals surface area contributed by atoms with E-state index >= 15 is 0 Å². The molecule has 0 bridgehead atoms. The van der Waals surface area contributed by atoms with Crippen molar-refractivity contribution in [1.29, 1.82) is 0 Å². The number of benzene rings is 2. The van der Waals surface area contributed by atoms with Crippen LogP contribution in [0.25, 0.3) is 5.76 Å². The van der Waals surface area contributed by atoms with Crippen LogP contribution in [0, 0.1) is 3.57 Å². The second kappa shape index (κ2) is 5.38. The molecule has 1 atom stereocenters. The van der Waals surface area contributed by atoms with Crippen molar-refractivity contribution in [3.63, 3.8) is 0 Å². The Morgan fingerprint density at radius 3 is 2.25 bits per heavy atom. The molecule has 0 heterocycles. The molecule has 1 N–H and O–H groups in total. The largest absolute Gasteiger partial charge is 0.869 e. The molecule has 0 spiro atoms. The molecule has 1 unspecified atom stereocenters. The zero-order chi connectivity index (χ0) is 14.1. The van der Waals surface area contributed by atoms with E-state index < -0.39 is 27.3 Å². The van der Waals surface area contributed by atoms with Crippen LogP contribution < -0.4 is 26.3 Å². The van der Waals surface area contributed by atoms with Crippen molar-refractivity contribution in [2.75, 3.05) is 0 Å². The van der Waals surface area contributed by atoms with E-state index in [-0.39, 0.29) is 11.5 Å². The zero-order valence-corrected chi connectivity index (χ0v) is 12.6. The van der Waals surface area contributed by atoms with Crippen LogP contribution in [0.4, 0.5) is 0 Å². The fourth-order valence-electron chi connectivity index (χ4n) is 2.10. The Morgan fingerprint density at radius 2 is 1.55 bits per heavy atom. The molecule has 20 heavy (non-hydrogen) atoms. The van der Waals surface area contributed by atoms with E-state index in [1.54, 1.807) is 24.3 Å². The summed E-state index contributed by atoms with van der Waals surface area (Å²) in [4.78, 5) is 12.2. The van der Waals surface area contributed by atoms with Gasteiger partial charge in [0.25, 0.3) is 0 Å². The monoisotopic (exact) mass is 378 g/mol. The maximum absolute atomic E-state index is 12.5. The smallest absolute Gasteiger partial charge is 0.355 e. The van der Waals surface area contributed by atoms with Crippen molar-refractivity contribution in [2.45, 2.75) is 6.10 Å². The molecule has 0 saturated heterocycles. The molecule has 1 aliphatic carbocycles. The third-order valence-corrected chi connectivity index (χ3v) is 6.09. The summed E-state index contributed by atoms with van der Waals surface area (Å²) in [7, 11) is 0. The van der Waals surface area contributed by atoms with E-state index in [9.17, 15) is 15.0 Å². The maximum atomic E-state index is 12.5. The summed E-state index contributed by atoms with van der Waals surface area (Å²) >= 11 is -0.832. The van der Waals surface area contributed by atoms with Crippen molar-refractivity contribution >= 4 is 11.5 Å². The van der Waals surface area contributed by atoms with Crippen molar-refractivity contribution in [3.05, 3.63) is 72.9 Å². The van der Waals surface area contributed by atoms with Gasteiger partial charge in [-0.25, -0.2) is 0 Å². The number of carbonyl (C=O) groups excluding carboxylic acids is 1. The van der Waals surface area contributed by atoms with Crippen LogP contribution in [-0.4, -0.2) is 17.0 Å². The highest BCUT2D eigenvalue weighted by Gasteiger charge is 2.38. The minimum absolute atomic E-state index is 0.190. The first kappa shape index (κ1) is 13.3. The number of halogens is 1. The second-order valence-corrected chi connectivity index (χ2v) is 7.33. The average molecular weight is 378 g/mol. The Hall–Kier alpha value is -1.66. The van der Waals surface area contributed by atoms with Gasteiger partial charge < -0.3 is 10.2 Å². The Kier molecular flexibility index (Phi) is 3.58. The highest BCUT2D eigenvalue weighted by Crippen LogP contribution is 2.24. The SMILES string of the molecule is O=C1c2ccccc2C([O-])=C([I+]c2ccccc2)C1O. The lowest BCUT2D eigenvalue weighted by Crippen LogP contribution is -3.61. The average Bonchev–Trinajstić information content (AvgIpc) is 2.50. The third-order valence-electron chi connectivity index (χ3n) is 3.09. The van der Waals surface area contributed by atoms with Crippen LogP contribution in [0.2, 0.25) is 0 Å². The fraction of sp³-hybridized carbons (Fsp3) is 0.0625. The molecule has 100 valence electrons. The molecule has 0 fully saturated rings. The minimum Gasteiger partial charge on any atom is -0.869 e. The van der Waals surface area contributed by atoms with Crippen molar-refractivity contribution in [3.8, 4) is 0 Å².